The van der Waals surface area contributed by atoms with Crippen molar-refractivity contribution in [2.24, 2.45) is 0 Å². The smallest absolute Gasteiger partial charge is 0.173 e. The number of hydrogen-bond donors (Lipinski definition) is 0. The van der Waals surface area contributed by atoms with Crippen LogP contribution in [0.2, 0.25) is 0 Å². The standard InChI is InChI=1S/C10H17NO2S.ClH/c1-9-4-2-3-6-11(9)10-5-7-14(12,13)8-10;/h5,7,9-10H,2-4,6,8H2,1H3;1H/p-1. The van der Waals surface area contributed by atoms with E-state index in [1.165, 1.54) is 24.7 Å². The fourth-order valence-corrected chi connectivity index (χ4v) is 3.69. The van der Waals surface area contributed by atoms with Gasteiger partial charge in [0.2, 0.25) is 0 Å². The molecule has 1 fully saturated rings. The van der Waals surface area contributed by atoms with Crippen molar-refractivity contribution in [3.63, 3.8) is 0 Å². The van der Waals surface area contributed by atoms with Crippen LogP contribution in [0.25, 0.3) is 0 Å². The Morgan fingerprint density at radius 3 is 2.60 bits per heavy atom. The predicted octanol–water partition coefficient (Wildman–Crippen LogP) is -1.82. The zero-order valence-electron chi connectivity index (χ0n) is 8.89. The molecule has 15 heavy (non-hydrogen) atoms. The van der Waals surface area contributed by atoms with Gasteiger partial charge in [-0.05, 0) is 26.3 Å². The lowest BCUT2D eigenvalue weighted by Gasteiger charge is -2.36. The molecule has 5 heteroatoms. The molecule has 1 saturated heterocycles. The number of piperidine rings is 1. The summed E-state index contributed by atoms with van der Waals surface area (Å²) in [4.78, 5) is 2.32. The van der Waals surface area contributed by atoms with Crippen LogP contribution in [0.4, 0.5) is 0 Å². The first-order valence-corrected chi connectivity index (χ1v) is 6.97. The highest BCUT2D eigenvalue weighted by molar-refractivity contribution is 7.94. The van der Waals surface area contributed by atoms with Gasteiger partial charge >= 0.3 is 0 Å². The second-order valence-corrected chi connectivity index (χ2v) is 6.24. The fraction of sp³-hybridized carbons (Fsp3) is 0.800. The highest BCUT2D eigenvalue weighted by Crippen LogP contribution is 2.23. The summed E-state index contributed by atoms with van der Waals surface area (Å²) < 4.78 is 22.6. The molecule has 0 aromatic rings. The van der Waals surface area contributed by atoms with Crippen molar-refractivity contribution in [2.75, 3.05) is 12.3 Å². The van der Waals surface area contributed by atoms with Gasteiger partial charge in [-0.2, -0.15) is 0 Å². The summed E-state index contributed by atoms with van der Waals surface area (Å²) in [5.41, 5.74) is 0. The van der Waals surface area contributed by atoms with Gasteiger partial charge in [0, 0.05) is 17.5 Å². The fourth-order valence-electron chi connectivity index (χ4n) is 2.38. The molecule has 2 unspecified atom stereocenters. The molecule has 2 aliphatic heterocycles. The van der Waals surface area contributed by atoms with Crippen molar-refractivity contribution >= 4 is 9.84 Å². The Morgan fingerprint density at radius 1 is 1.33 bits per heavy atom. The molecule has 0 bridgehead atoms. The third-order valence-electron chi connectivity index (χ3n) is 3.19. The van der Waals surface area contributed by atoms with Crippen molar-refractivity contribution < 1.29 is 20.8 Å². The van der Waals surface area contributed by atoms with Crippen molar-refractivity contribution in [3.05, 3.63) is 11.5 Å². The largest absolute Gasteiger partial charge is 1.00 e. The zero-order valence-corrected chi connectivity index (χ0v) is 10.5. The number of hydrogen-bond acceptors (Lipinski definition) is 3. The summed E-state index contributed by atoms with van der Waals surface area (Å²) in [6.45, 7) is 3.24. The highest BCUT2D eigenvalue weighted by Gasteiger charge is 2.30. The van der Waals surface area contributed by atoms with E-state index in [-0.39, 0.29) is 24.2 Å². The van der Waals surface area contributed by atoms with Gasteiger partial charge in [-0.3, -0.25) is 4.90 Å². The van der Waals surface area contributed by atoms with Gasteiger partial charge in [0.25, 0.3) is 0 Å². The Hall–Kier alpha value is -0.0600. The Kier molecular flexibility index (Phi) is 4.20. The van der Waals surface area contributed by atoms with E-state index >= 15 is 0 Å². The van der Waals surface area contributed by atoms with Crippen LogP contribution >= 0.6 is 0 Å². The molecule has 2 atom stereocenters. The lowest BCUT2D eigenvalue weighted by atomic mass is 10.0. The van der Waals surface area contributed by atoms with Crippen LogP contribution < -0.4 is 12.4 Å². The van der Waals surface area contributed by atoms with E-state index in [1.807, 2.05) is 6.08 Å². The quantitative estimate of drug-likeness (QED) is 0.550. The first kappa shape index (κ1) is 13.0. The zero-order chi connectivity index (χ0) is 10.2. The molecular weight excluding hydrogens is 234 g/mol. The number of rotatable bonds is 1. The lowest BCUT2D eigenvalue weighted by Crippen LogP contribution is -3.00. The number of nitrogens with zero attached hydrogens (tertiary/aromatic N) is 1. The first-order valence-electron chi connectivity index (χ1n) is 5.25. The summed E-state index contributed by atoms with van der Waals surface area (Å²) >= 11 is 0. The van der Waals surface area contributed by atoms with Crippen LogP contribution in [0.3, 0.4) is 0 Å². The molecule has 2 heterocycles. The van der Waals surface area contributed by atoms with E-state index in [0.29, 0.717) is 6.04 Å². The summed E-state index contributed by atoms with van der Waals surface area (Å²) in [5.74, 6) is 0.289. The SMILES string of the molecule is CC1CCCCN1C1C=CS(=O)(=O)C1.[Cl-]. The monoisotopic (exact) mass is 250 g/mol. The van der Waals surface area contributed by atoms with Gasteiger partial charge in [-0.25, -0.2) is 8.42 Å². The molecule has 0 aromatic heterocycles. The van der Waals surface area contributed by atoms with E-state index < -0.39 is 9.84 Å². The molecule has 0 N–H and O–H groups in total. The summed E-state index contributed by atoms with van der Waals surface area (Å²) in [5, 5.41) is 1.37. The molecule has 88 valence electrons. The minimum absolute atomic E-state index is 0. The van der Waals surface area contributed by atoms with Crippen molar-refractivity contribution in [3.8, 4) is 0 Å². The maximum absolute atomic E-state index is 11.3. The average molecular weight is 251 g/mol. The van der Waals surface area contributed by atoms with Crippen LogP contribution in [0.15, 0.2) is 11.5 Å². The van der Waals surface area contributed by atoms with Crippen LogP contribution in [-0.2, 0) is 9.84 Å². The predicted molar refractivity (Wildman–Crippen MR) is 56.7 cm³/mol. The Morgan fingerprint density at radius 2 is 2.07 bits per heavy atom. The van der Waals surface area contributed by atoms with E-state index in [9.17, 15) is 8.42 Å². The number of likely N-dealkylation sites (tertiary alicyclic amines) is 1. The van der Waals surface area contributed by atoms with Gasteiger partial charge in [-0.15, -0.1) is 0 Å². The third-order valence-corrected chi connectivity index (χ3v) is 4.57. The van der Waals surface area contributed by atoms with Crippen LogP contribution in [-0.4, -0.2) is 37.7 Å². The van der Waals surface area contributed by atoms with E-state index in [0.717, 1.165) is 6.54 Å². The molecule has 2 aliphatic rings. The van der Waals surface area contributed by atoms with Crippen molar-refractivity contribution in [1.82, 2.24) is 4.90 Å². The van der Waals surface area contributed by atoms with Gasteiger partial charge in [0.05, 0.1) is 5.75 Å². The molecule has 0 amide bonds. The molecule has 0 spiro atoms. The van der Waals surface area contributed by atoms with E-state index in [4.69, 9.17) is 0 Å². The maximum Gasteiger partial charge on any atom is 0.173 e. The molecule has 0 aromatic carbocycles. The second-order valence-electron chi connectivity index (χ2n) is 4.31. The van der Waals surface area contributed by atoms with Gasteiger partial charge in [-0.1, -0.05) is 12.5 Å². The Labute approximate surface area is 97.9 Å². The van der Waals surface area contributed by atoms with E-state index in [1.54, 1.807) is 0 Å². The molecule has 3 nitrogen and oxygen atoms in total. The minimum Gasteiger partial charge on any atom is -1.00 e. The molecule has 0 saturated carbocycles. The average Bonchev–Trinajstić information content (AvgIpc) is 2.47. The van der Waals surface area contributed by atoms with Gasteiger partial charge in [0.1, 0.15) is 0 Å². The number of halogens is 1. The maximum atomic E-state index is 11.3. The summed E-state index contributed by atoms with van der Waals surface area (Å²) in [6.07, 6.45) is 5.52. The Bertz CT molecular complexity index is 339. The number of sulfone groups is 1. The molecular formula is C10H17ClNO2S-. The lowest BCUT2D eigenvalue weighted by molar-refractivity contribution is -0.00000575. The van der Waals surface area contributed by atoms with Crippen molar-refractivity contribution in [1.29, 1.82) is 0 Å². The van der Waals surface area contributed by atoms with E-state index in [2.05, 4.69) is 11.8 Å². The second kappa shape index (κ2) is 4.85. The van der Waals surface area contributed by atoms with Crippen molar-refractivity contribution in [2.45, 2.75) is 38.3 Å². The topological polar surface area (TPSA) is 37.4 Å². The van der Waals surface area contributed by atoms with Crippen LogP contribution in [0.5, 0.6) is 0 Å². The minimum atomic E-state index is -2.89. The van der Waals surface area contributed by atoms with Gasteiger partial charge in [0.15, 0.2) is 9.84 Å². The van der Waals surface area contributed by atoms with Gasteiger partial charge < -0.3 is 12.4 Å². The Balaban J connectivity index is 0.00000112. The highest BCUT2D eigenvalue weighted by atomic mass is 35.5. The van der Waals surface area contributed by atoms with Crippen LogP contribution in [0, 0.1) is 0 Å². The molecule has 2 rings (SSSR count). The summed E-state index contributed by atoms with van der Waals surface area (Å²) in [6, 6.07) is 0.669. The third kappa shape index (κ3) is 2.95. The first-order chi connectivity index (χ1) is 6.58. The summed E-state index contributed by atoms with van der Waals surface area (Å²) in [7, 11) is -2.89. The normalized spacial score (nSPS) is 35.0. The van der Waals surface area contributed by atoms with Crippen LogP contribution in [0.1, 0.15) is 26.2 Å². The molecule has 0 radical (unpaired) electrons. The molecule has 0 aliphatic carbocycles.